The summed E-state index contributed by atoms with van der Waals surface area (Å²) >= 11 is 0. The molecule has 0 saturated heterocycles. The number of unbranched alkanes of at least 4 members (excludes halogenated alkanes) is 1. The molecular weight excluding hydrogens is 315 g/mol. The second kappa shape index (κ2) is 11.3. The number of ether oxygens (including phenoxy) is 1. The van der Waals surface area contributed by atoms with Crippen LogP contribution in [0.1, 0.15) is 50.5 Å². The molecule has 25 heavy (non-hydrogen) atoms. The molecule has 1 unspecified atom stereocenters. The van der Waals surface area contributed by atoms with Crippen LogP contribution < -0.4 is 4.74 Å². The number of benzene rings is 1. The Morgan fingerprint density at radius 1 is 1.16 bits per heavy atom. The average molecular weight is 349 g/mol. The molecule has 1 atom stereocenters. The maximum Gasteiger partial charge on any atom is 0.119 e. The highest BCUT2D eigenvalue weighted by Gasteiger charge is 2.26. The molecule has 1 fully saturated rings. The highest BCUT2D eigenvalue weighted by Crippen LogP contribution is 2.35. The molecule has 1 aliphatic carbocycles. The quantitative estimate of drug-likeness (QED) is 0.431. The Hall–Kier alpha value is -1.35. The Labute approximate surface area is 152 Å². The van der Waals surface area contributed by atoms with E-state index in [4.69, 9.17) is 4.74 Å². The van der Waals surface area contributed by atoms with Gasteiger partial charge < -0.3 is 9.84 Å². The van der Waals surface area contributed by atoms with Crippen molar-refractivity contribution in [3.8, 4) is 5.75 Å². The summed E-state index contributed by atoms with van der Waals surface area (Å²) in [7, 11) is 0. The Bertz CT molecular complexity index is 477. The lowest BCUT2D eigenvalue weighted by molar-refractivity contribution is 0.115. The van der Waals surface area contributed by atoms with Crippen LogP contribution in [-0.2, 0) is 6.42 Å². The first-order chi connectivity index (χ1) is 12.3. The molecule has 0 heterocycles. The second-order valence-corrected chi connectivity index (χ2v) is 7.35. The van der Waals surface area contributed by atoms with Gasteiger partial charge in [0.25, 0.3) is 0 Å². The summed E-state index contributed by atoms with van der Waals surface area (Å²) in [6.07, 6.45) is 10.0. The number of hydrogen-bond acceptors (Lipinski definition) is 2. The molecule has 0 aliphatic heterocycles. The van der Waals surface area contributed by atoms with Gasteiger partial charge in [-0.1, -0.05) is 18.2 Å². The summed E-state index contributed by atoms with van der Waals surface area (Å²) in [5.74, 6) is 2.55. The van der Waals surface area contributed by atoms with Crippen LogP contribution in [0.4, 0.5) is 4.39 Å². The van der Waals surface area contributed by atoms with E-state index in [2.05, 4.69) is 18.7 Å². The van der Waals surface area contributed by atoms with Crippen molar-refractivity contribution in [1.29, 1.82) is 0 Å². The number of hydrogen-bond donors (Lipinski definition) is 1. The van der Waals surface area contributed by atoms with Gasteiger partial charge in [0.2, 0.25) is 0 Å². The van der Waals surface area contributed by atoms with Crippen LogP contribution in [-0.4, -0.2) is 25.0 Å². The molecular formula is C22H33FO2. The Balaban J connectivity index is 1.69. The number of allylic oxidation sites excluding steroid dienone is 1. The van der Waals surface area contributed by atoms with Gasteiger partial charge in [-0.3, -0.25) is 4.39 Å². The molecule has 1 aliphatic rings. The van der Waals surface area contributed by atoms with Crippen LogP contribution in [0.25, 0.3) is 0 Å². The molecule has 2 rings (SSSR count). The van der Waals surface area contributed by atoms with E-state index < -0.39 is 0 Å². The lowest BCUT2D eigenvalue weighted by atomic mass is 9.75. The minimum absolute atomic E-state index is 0.226. The fraction of sp³-hybridized carbons (Fsp3) is 0.636. The van der Waals surface area contributed by atoms with Crippen molar-refractivity contribution >= 4 is 0 Å². The lowest BCUT2D eigenvalue weighted by Crippen LogP contribution is -2.26. The fourth-order valence-electron chi connectivity index (χ4n) is 3.85. The van der Waals surface area contributed by atoms with Crippen LogP contribution in [0.2, 0.25) is 0 Å². The summed E-state index contributed by atoms with van der Waals surface area (Å²) in [6, 6.07) is 8.24. The SMILES string of the molecule is C=CCC(CO)C1CCC(COc2ccc(CCCCF)cc2)CC1. The molecule has 2 nitrogen and oxygen atoms in total. The molecule has 1 aromatic carbocycles. The van der Waals surface area contributed by atoms with Crippen molar-refractivity contribution in [1.82, 2.24) is 0 Å². The van der Waals surface area contributed by atoms with E-state index in [1.807, 2.05) is 18.2 Å². The van der Waals surface area contributed by atoms with Crippen molar-refractivity contribution in [2.75, 3.05) is 19.9 Å². The van der Waals surface area contributed by atoms with Gasteiger partial charge in [0.1, 0.15) is 5.75 Å². The van der Waals surface area contributed by atoms with Gasteiger partial charge >= 0.3 is 0 Å². The van der Waals surface area contributed by atoms with Crippen LogP contribution >= 0.6 is 0 Å². The molecule has 0 bridgehead atoms. The predicted molar refractivity (Wildman–Crippen MR) is 102 cm³/mol. The first-order valence-corrected chi connectivity index (χ1v) is 9.76. The highest BCUT2D eigenvalue weighted by atomic mass is 19.1. The largest absolute Gasteiger partial charge is 0.493 e. The number of aliphatic hydroxyl groups is 1. The van der Waals surface area contributed by atoms with Gasteiger partial charge in [0, 0.05) is 6.61 Å². The van der Waals surface area contributed by atoms with E-state index in [0.717, 1.165) is 31.6 Å². The van der Waals surface area contributed by atoms with Crippen molar-refractivity contribution < 1.29 is 14.2 Å². The number of rotatable bonds is 11. The molecule has 0 radical (unpaired) electrons. The first-order valence-electron chi connectivity index (χ1n) is 9.76. The van der Waals surface area contributed by atoms with Gasteiger partial charge in [0.15, 0.2) is 0 Å². The van der Waals surface area contributed by atoms with Crippen LogP contribution in [0.3, 0.4) is 0 Å². The third-order valence-electron chi connectivity index (χ3n) is 5.52. The molecule has 140 valence electrons. The molecule has 1 aromatic rings. The van der Waals surface area contributed by atoms with Crippen molar-refractivity contribution in [3.05, 3.63) is 42.5 Å². The first kappa shape index (κ1) is 20.0. The minimum atomic E-state index is -0.226. The standard InChI is InChI=1S/C22H33FO2/c1-2-5-21(16-24)20-11-7-19(8-12-20)17-25-22-13-9-18(10-14-22)6-3-4-15-23/h2,9-10,13-14,19-21,24H,1,3-8,11-12,15-17H2. The van der Waals surface area contributed by atoms with Gasteiger partial charge in [-0.25, -0.2) is 0 Å². The summed E-state index contributed by atoms with van der Waals surface area (Å²) in [4.78, 5) is 0. The van der Waals surface area contributed by atoms with E-state index in [0.29, 0.717) is 24.2 Å². The molecule has 0 aromatic heterocycles. The molecule has 1 saturated carbocycles. The summed E-state index contributed by atoms with van der Waals surface area (Å²) in [6.45, 7) is 4.62. The molecule has 0 spiro atoms. The van der Waals surface area contributed by atoms with Gasteiger partial charge in [0.05, 0.1) is 13.3 Å². The topological polar surface area (TPSA) is 29.5 Å². The van der Waals surface area contributed by atoms with Crippen molar-refractivity contribution in [2.45, 2.75) is 51.4 Å². The Morgan fingerprint density at radius 3 is 2.48 bits per heavy atom. The fourth-order valence-corrected chi connectivity index (χ4v) is 3.85. The number of aryl methyl sites for hydroxylation is 1. The van der Waals surface area contributed by atoms with Gasteiger partial charge in [-0.15, -0.1) is 6.58 Å². The van der Waals surface area contributed by atoms with Gasteiger partial charge in [-0.2, -0.15) is 0 Å². The second-order valence-electron chi connectivity index (χ2n) is 7.35. The average Bonchev–Trinajstić information content (AvgIpc) is 2.66. The smallest absolute Gasteiger partial charge is 0.119 e. The Kier molecular flexibility index (Phi) is 9.03. The van der Waals surface area contributed by atoms with Crippen LogP contribution in [0, 0.1) is 17.8 Å². The zero-order chi connectivity index (χ0) is 17.9. The zero-order valence-corrected chi connectivity index (χ0v) is 15.3. The van der Waals surface area contributed by atoms with E-state index >= 15 is 0 Å². The maximum atomic E-state index is 12.1. The van der Waals surface area contributed by atoms with Crippen LogP contribution in [0.15, 0.2) is 36.9 Å². The summed E-state index contributed by atoms with van der Waals surface area (Å²) in [5.41, 5.74) is 1.25. The molecule has 0 amide bonds. The Morgan fingerprint density at radius 2 is 1.88 bits per heavy atom. The predicted octanol–water partition coefficient (Wildman–Crippen LogP) is 5.35. The normalized spacial score (nSPS) is 21.7. The van der Waals surface area contributed by atoms with Crippen molar-refractivity contribution in [2.24, 2.45) is 17.8 Å². The minimum Gasteiger partial charge on any atom is -0.493 e. The highest BCUT2D eigenvalue weighted by molar-refractivity contribution is 5.27. The third-order valence-corrected chi connectivity index (χ3v) is 5.52. The monoisotopic (exact) mass is 348 g/mol. The van der Waals surface area contributed by atoms with Crippen molar-refractivity contribution in [3.63, 3.8) is 0 Å². The van der Waals surface area contributed by atoms with Crippen LogP contribution in [0.5, 0.6) is 5.75 Å². The summed E-state index contributed by atoms with van der Waals surface area (Å²) < 4.78 is 18.1. The van der Waals surface area contributed by atoms with Gasteiger partial charge in [-0.05, 0) is 86.8 Å². The number of aliphatic hydroxyl groups excluding tert-OH is 1. The maximum absolute atomic E-state index is 12.1. The third kappa shape index (κ3) is 6.81. The lowest BCUT2D eigenvalue weighted by Gasteiger charge is -2.32. The zero-order valence-electron chi connectivity index (χ0n) is 15.3. The number of alkyl halides is 1. The summed E-state index contributed by atoms with van der Waals surface area (Å²) in [5, 5.41) is 9.53. The number of halogens is 1. The molecule has 3 heteroatoms. The van der Waals surface area contributed by atoms with E-state index in [1.165, 1.54) is 31.2 Å². The van der Waals surface area contributed by atoms with E-state index in [1.54, 1.807) is 0 Å². The van der Waals surface area contributed by atoms with E-state index in [9.17, 15) is 9.50 Å². The van der Waals surface area contributed by atoms with E-state index in [-0.39, 0.29) is 13.3 Å². The molecule has 1 N–H and O–H groups in total.